The van der Waals surface area contributed by atoms with E-state index < -0.39 is 10.0 Å². The maximum absolute atomic E-state index is 12.3. The summed E-state index contributed by atoms with van der Waals surface area (Å²) >= 11 is 0. The molecule has 1 aliphatic rings. The third-order valence-corrected chi connectivity index (χ3v) is 5.89. The highest BCUT2D eigenvalue weighted by Crippen LogP contribution is 2.32. The van der Waals surface area contributed by atoms with Crippen LogP contribution in [0.25, 0.3) is 0 Å². The SMILES string of the molecule is CC[C@H](C)NS(=O)(=O)c1ccc(C(=O)NCc2ccc3c(c2)OCO3)cc1. The van der Waals surface area contributed by atoms with Crippen molar-refractivity contribution in [1.82, 2.24) is 10.0 Å². The molecule has 0 saturated heterocycles. The van der Waals surface area contributed by atoms with Gasteiger partial charge in [0.25, 0.3) is 5.91 Å². The van der Waals surface area contributed by atoms with Gasteiger partial charge in [-0.3, -0.25) is 4.79 Å². The van der Waals surface area contributed by atoms with Gasteiger partial charge >= 0.3 is 0 Å². The number of hydrogen-bond acceptors (Lipinski definition) is 5. The second kappa shape index (κ2) is 7.98. The first-order chi connectivity index (χ1) is 12.9. The smallest absolute Gasteiger partial charge is 0.251 e. The van der Waals surface area contributed by atoms with Crippen LogP contribution in [0.3, 0.4) is 0 Å². The van der Waals surface area contributed by atoms with Crippen LogP contribution in [0.2, 0.25) is 0 Å². The minimum atomic E-state index is -3.58. The lowest BCUT2D eigenvalue weighted by molar-refractivity contribution is 0.0950. The van der Waals surface area contributed by atoms with Crippen LogP contribution in [0.1, 0.15) is 36.2 Å². The van der Waals surface area contributed by atoms with Crippen LogP contribution < -0.4 is 19.5 Å². The van der Waals surface area contributed by atoms with E-state index in [4.69, 9.17) is 9.47 Å². The lowest BCUT2D eigenvalue weighted by Crippen LogP contribution is -2.32. The van der Waals surface area contributed by atoms with Gasteiger partial charge in [0.05, 0.1) is 4.90 Å². The highest BCUT2D eigenvalue weighted by Gasteiger charge is 2.17. The molecule has 0 aliphatic carbocycles. The van der Waals surface area contributed by atoms with Crippen LogP contribution in [0.5, 0.6) is 11.5 Å². The largest absolute Gasteiger partial charge is 0.454 e. The van der Waals surface area contributed by atoms with Gasteiger partial charge in [-0.15, -0.1) is 0 Å². The summed E-state index contributed by atoms with van der Waals surface area (Å²) in [5, 5.41) is 2.81. The van der Waals surface area contributed by atoms with E-state index in [9.17, 15) is 13.2 Å². The van der Waals surface area contributed by atoms with E-state index >= 15 is 0 Å². The second-order valence-electron chi connectivity index (χ2n) is 6.33. The van der Waals surface area contributed by atoms with Gasteiger partial charge in [-0.05, 0) is 55.3 Å². The van der Waals surface area contributed by atoms with Gasteiger partial charge in [-0.2, -0.15) is 0 Å². The molecular weight excluding hydrogens is 368 g/mol. The van der Waals surface area contributed by atoms with Crippen LogP contribution in [-0.4, -0.2) is 27.2 Å². The minimum Gasteiger partial charge on any atom is -0.454 e. The quantitative estimate of drug-likeness (QED) is 0.757. The van der Waals surface area contributed by atoms with E-state index in [2.05, 4.69) is 10.0 Å². The van der Waals surface area contributed by atoms with Crippen molar-refractivity contribution in [3.63, 3.8) is 0 Å². The topological polar surface area (TPSA) is 93.7 Å². The van der Waals surface area contributed by atoms with Crippen molar-refractivity contribution in [3.05, 3.63) is 53.6 Å². The zero-order valence-corrected chi connectivity index (χ0v) is 16.0. The highest BCUT2D eigenvalue weighted by atomic mass is 32.2. The van der Waals surface area contributed by atoms with Crippen LogP contribution in [0.15, 0.2) is 47.4 Å². The summed E-state index contributed by atoms with van der Waals surface area (Å²) in [5.74, 6) is 1.06. The molecule has 1 atom stereocenters. The fourth-order valence-electron chi connectivity index (χ4n) is 2.54. The Morgan fingerprint density at radius 3 is 2.52 bits per heavy atom. The maximum atomic E-state index is 12.3. The van der Waals surface area contributed by atoms with Gasteiger partial charge in [0.2, 0.25) is 16.8 Å². The minimum absolute atomic E-state index is 0.134. The number of sulfonamides is 1. The first-order valence-corrected chi connectivity index (χ1v) is 10.2. The molecule has 1 aliphatic heterocycles. The van der Waals surface area contributed by atoms with Crippen molar-refractivity contribution in [2.75, 3.05) is 6.79 Å². The summed E-state index contributed by atoms with van der Waals surface area (Å²) in [6.07, 6.45) is 0.694. The number of hydrogen-bond donors (Lipinski definition) is 2. The Kier molecular flexibility index (Phi) is 5.67. The first-order valence-electron chi connectivity index (χ1n) is 8.68. The Morgan fingerprint density at radius 1 is 1.11 bits per heavy atom. The van der Waals surface area contributed by atoms with E-state index in [1.54, 1.807) is 13.0 Å². The molecule has 2 aromatic rings. The van der Waals surface area contributed by atoms with E-state index in [0.717, 1.165) is 5.56 Å². The third-order valence-electron chi connectivity index (χ3n) is 4.29. The summed E-state index contributed by atoms with van der Waals surface area (Å²) in [5.41, 5.74) is 1.27. The first kappa shape index (κ1) is 19.2. The summed E-state index contributed by atoms with van der Waals surface area (Å²) < 4.78 is 37.7. The summed E-state index contributed by atoms with van der Waals surface area (Å²) in [4.78, 5) is 12.4. The molecular formula is C19H22N2O5S. The molecule has 8 heteroatoms. The Morgan fingerprint density at radius 2 is 1.81 bits per heavy atom. The molecule has 3 rings (SSSR count). The molecule has 0 bridgehead atoms. The normalized spacial score (nSPS) is 14.0. The van der Waals surface area contributed by atoms with Crippen LogP contribution in [0.4, 0.5) is 0 Å². The predicted octanol–water partition coefficient (Wildman–Crippen LogP) is 2.42. The Balaban J connectivity index is 1.62. The summed E-state index contributed by atoms with van der Waals surface area (Å²) in [7, 11) is -3.58. The monoisotopic (exact) mass is 390 g/mol. The molecule has 0 fully saturated rings. The van der Waals surface area contributed by atoms with E-state index in [-0.39, 0.29) is 23.6 Å². The fraction of sp³-hybridized carbons (Fsp3) is 0.316. The number of carbonyl (C=O) groups is 1. The van der Waals surface area contributed by atoms with Gasteiger partial charge in [-0.1, -0.05) is 13.0 Å². The standard InChI is InChI=1S/C19H22N2O5S/c1-3-13(2)21-27(23,24)16-7-5-15(6-8-16)19(22)20-11-14-4-9-17-18(10-14)26-12-25-17/h4-10,13,21H,3,11-12H2,1-2H3,(H,20,22)/t13-/m0/s1. The Labute approximate surface area is 158 Å². The van der Waals surface area contributed by atoms with Gasteiger partial charge < -0.3 is 14.8 Å². The number of amides is 1. The molecule has 2 aromatic carbocycles. The van der Waals surface area contributed by atoms with Crippen molar-refractivity contribution < 1.29 is 22.7 Å². The molecule has 144 valence electrons. The Hall–Kier alpha value is -2.58. The van der Waals surface area contributed by atoms with Crippen molar-refractivity contribution >= 4 is 15.9 Å². The fourth-order valence-corrected chi connectivity index (χ4v) is 3.86. The lowest BCUT2D eigenvalue weighted by atomic mass is 10.2. The van der Waals surface area contributed by atoms with Gasteiger partial charge in [0, 0.05) is 18.2 Å². The van der Waals surface area contributed by atoms with E-state index in [1.807, 2.05) is 19.1 Å². The molecule has 0 radical (unpaired) electrons. The van der Waals surface area contributed by atoms with Crippen molar-refractivity contribution in [1.29, 1.82) is 0 Å². The second-order valence-corrected chi connectivity index (χ2v) is 8.04. The molecule has 27 heavy (non-hydrogen) atoms. The lowest BCUT2D eigenvalue weighted by Gasteiger charge is -2.12. The van der Waals surface area contributed by atoms with Gasteiger partial charge in [0.15, 0.2) is 11.5 Å². The van der Waals surface area contributed by atoms with E-state index in [0.29, 0.717) is 30.0 Å². The van der Waals surface area contributed by atoms with Crippen LogP contribution in [-0.2, 0) is 16.6 Å². The molecule has 2 N–H and O–H groups in total. The Bertz CT molecular complexity index is 926. The van der Waals surface area contributed by atoms with Crippen molar-refractivity contribution in [3.8, 4) is 11.5 Å². The van der Waals surface area contributed by atoms with Gasteiger partial charge in [0.1, 0.15) is 0 Å². The average molecular weight is 390 g/mol. The zero-order valence-electron chi connectivity index (χ0n) is 15.2. The van der Waals surface area contributed by atoms with Crippen molar-refractivity contribution in [2.24, 2.45) is 0 Å². The van der Waals surface area contributed by atoms with Gasteiger partial charge in [-0.25, -0.2) is 13.1 Å². The van der Waals surface area contributed by atoms with Crippen LogP contribution in [0, 0.1) is 0 Å². The summed E-state index contributed by atoms with van der Waals surface area (Å²) in [6, 6.07) is 11.2. The van der Waals surface area contributed by atoms with E-state index in [1.165, 1.54) is 24.3 Å². The number of nitrogens with one attached hydrogen (secondary N) is 2. The molecule has 0 spiro atoms. The number of rotatable bonds is 7. The molecule has 0 aromatic heterocycles. The number of fused-ring (bicyclic) bond motifs is 1. The molecule has 7 nitrogen and oxygen atoms in total. The average Bonchev–Trinajstić information content (AvgIpc) is 3.13. The molecule has 0 unspecified atom stereocenters. The summed E-state index contributed by atoms with van der Waals surface area (Å²) in [6.45, 7) is 4.23. The highest BCUT2D eigenvalue weighted by molar-refractivity contribution is 7.89. The number of carbonyl (C=O) groups excluding carboxylic acids is 1. The number of benzene rings is 2. The third kappa shape index (κ3) is 4.58. The molecule has 1 heterocycles. The van der Waals surface area contributed by atoms with Crippen LogP contribution >= 0.6 is 0 Å². The zero-order chi connectivity index (χ0) is 19.4. The maximum Gasteiger partial charge on any atom is 0.251 e. The predicted molar refractivity (Wildman–Crippen MR) is 100 cm³/mol. The van der Waals surface area contributed by atoms with Crippen molar-refractivity contribution in [2.45, 2.75) is 37.8 Å². The number of ether oxygens (including phenoxy) is 2. The molecule has 1 amide bonds. The molecule has 0 saturated carbocycles.